The van der Waals surface area contributed by atoms with Gasteiger partial charge in [-0.2, -0.15) is 0 Å². The molecule has 0 aromatic heterocycles. The predicted molar refractivity (Wildman–Crippen MR) is 74.8 cm³/mol. The molecule has 0 bridgehead atoms. The second-order valence-corrected chi connectivity index (χ2v) is 5.73. The van der Waals surface area contributed by atoms with E-state index in [0.29, 0.717) is 37.4 Å². The third kappa shape index (κ3) is 3.49. The quantitative estimate of drug-likeness (QED) is 0.877. The van der Waals surface area contributed by atoms with Crippen LogP contribution in [0.2, 0.25) is 0 Å². The van der Waals surface area contributed by atoms with Crippen LogP contribution in [0.5, 0.6) is 5.75 Å². The maximum Gasteiger partial charge on any atom is 0.325 e. The van der Waals surface area contributed by atoms with Crippen LogP contribution in [0.3, 0.4) is 0 Å². The van der Waals surface area contributed by atoms with Gasteiger partial charge < -0.3 is 14.9 Å². The lowest BCUT2D eigenvalue weighted by Crippen LogP contribution is -2.38. The van der Waals surface area contributed by atoms with Crippen LogP contribution in [0.15, 0.2) is 24.3 Å². The van der Waals surface area contributed by atoms with Crippen LogP contribution in [-0.2, 0) is 4.79 Å². The van der Waals surface area contributed by atoms with Crippen LogP contribution < -0.4 is 4.74 Å². The highest BCUT2D eigenvalue weighted by Crippen LogP contribution is 2.32. The minimum absolute atomic E-state index is 0.451. The Morgan fingerprint density at radius 1 is 1.45 bits per heavy atom. The lowest BCUT2D eigenvalue weighted by atomic mass is 10.0. The van der Waals surface area contributed by atoms with Gasteiger partial charge in [0.1, 0.15) is 18.4 Å². The number of hydrogen-bond acceptors (Lipinski definition) is 4. The molecule has 1 atom stereocenters. The molecule has 2 N–H and O–H groups in total. The molecule has 1 unspecified atom stereocenters. The number of hydrogen-bond donors (Lipinski definition) is 2. The molecule has 1 aliphatic rings. The first-order valence-electron chi connectivity index (χ1n) is 6.79. The Morgan fingerprint density at radius 2 is 2.15 bits per heavy atom. The van der Waals surface area contributed by atoms with Crippen molar-refractivity contribution in [2.24, 2.45) is 0 Å². The van der Waals surface area contributed by atoms with Gasteiger partial charge in [0.05, 0.1) is 5.60 Å². The molecule has 1 heterocycles. The topological polar surface area (TPSA) is 70.0 Å². The molecule has 0 saturated heterocycles. The van der Waals surface area contributed by atoms with Crippen molar-refractivity contribution in [2.45, 2.75) is 31.9 Å². The number of benzene rings is 1. The molecule has 1 aromatic carbocycles. The zero-order valence-electron chi connectivity index (χ0n) is 11.9. The van der Waals surface area contributed by atoms with E-state index in [9.17, 15) is 15.0 Å². The highest BCUT2D eigenvalue weighted by atomic mass is 16.5. The molecule has 0 radical (unpaired) electrons. The van der Waals surface area contributed by atoms with E-state index in [1.54, 1.807) is 26.0 Å². The molecule has 1 aromatic rings. The molecule has 0 fully saturated rings. The summed E-state index contributed by atoms with van der Waals surface area (Å²) in [7, 11) is 0. The van der Waals surface area contributed by atoms with Crippen molar-refractivity contribution >= 4 is 5.97 Å². The summed E-state index contributed by atoms with van der Waals surface area (Å²) in [5, 5.41) is 19.4. The zero-order chi connectivity index (χ0) is 14.8. The second-order valence-electron chi connectivity index (χ2n) is 5.73. The van der Waals surface area contributed by atoms with E-state index >= 15 is 0 Å². The Bertz CT molecular complexity index is 481. The third-order valence-electron chi connectivity index (χ3n) is 3.46. The van der Waals surface area contributed by atoms with Gasteiger partial charge in [-0.05, 0) is 26.3 Å². The average molecular weight is 279 g/mol. The standard InChI is InChI=1S/C15H21NO4/c1-15(2,19)7-8-16-9-10-20-12-6-4-3-5-11(12)13(16)14(17)18/h3-6,13,19H,7-10H2,1-2H3,(H,17,18). The van der Waals surface area contributed by atoms with Crippen molar-refractivity contribution in [2.75, 3.05) is 19.7 Å². The first-order valence-corrected chi connectivity index (χ1v) is 6.79. The van der Waals surface area contributed by atoms with Crippen molar-refractivity contribution in [3.63, 3.8) is 0 Å². The number of aliphatic carboxylic acids is 1. The van der Waals surface area contributed by atoms with Gasteiger partial charge in [-0.1, -0.05) is 18.2 Å². The molecule has 1 aliphatic heterocycles. The Hall–Kier alpha value is -1.59. The number of carboxylic acid groups (broad SMARTS) is 1. The third-order valence-corrected chi connectivity index (χ3v) is 3.46. The van der Waals surface area contributed by atoms with Crippen molar-refractivity contribution in [1.82, 2.24) is 4.90 Å². The van der Waals surface area contributed by atoms with Crippen molar-refractivity contribution in [3.05, 3.63) is 29.8 Å². The summed E-state index contributed by atoms with van der Waals surface area (Å²) in [5.74, 6) is -0.260. The van der Waals surface area contributed by atoms with Gasteiger partial charge in [0.25, 0.3) is 0 Å². The fraction of sp³-hybridized carbons (Fsp3) is 0.533. The van der Waals surface area contributed by atoms with E-state index in [-0.39, 0.29) is 0 Å². The molecule has 0 saturated carbocycles. The van der Waals surface area contributed by atoms with Gasteiger partial charge in [-0.3, -0.25) is 9.69 Å². The maximum atomic E-state index is 11.6. The molecule has 20 heavy (non-hydrogen) atoms. The van der Waals surface area contributed by atoms with Crippen LogP contribution in [0, 0.1) is 0 Å². The van der Waals surface area contributed by atoms with E-state index in [2.05, 4.69) is 0 Å². The highest BCUT2D eigenvalue weighted by molar-refractivity contribution is 5.76. The largest absolute Gasteiger partial charge is 0.492 e. The number of fused-ring (bicyclic) bond motifs is 1. The van der Waals surface area contributed by atoms with Gasteiger partial charge in [-0.15, -0.1) is 0 Å². The Balaban J connectivity index is 2.26. The molecule has 2 rings (SSSR count). The number of ether oxygens (including phenoxy) is 1. The van der Waals surface area contributed by atoms with Crippen LogP contribution in [0.25, 0.3) is 0 Å². The Morgan fingerprint density at radius 3 is 2.80 bits per heavy atom. The lowest BCUT2D eigenvalue weighted by molar-refractivity contribution is -0.143. The molecule has 0 aliphatic carbocycles. The number of nitrogens with zero attached hydrogens (tertiary/aromatic N) is 1. The Kier molecular flexibility index (Phi) is 4.30. The van der Waals surface area contributed by atoms with E-state index in [0.717, 1.165) is 0 Å². The fourth-order valence-electron chi connectivity index (χ4n) is 2.38. The molecule has 5 nitrogen and oxygen atoms in total. The molecule has 0 amide bonds. The average Bonchev–Trinajstić information content (AvgIpc) is 2.54. The van der Waals surface area contributed by atoms with Crippen LogP contribution in [0.1, 0.15) is 31.9 Å². The van der Waals surface area contributed by atoms with Crippen molar-refractivity contribution < 1.29 is 19.7 Å². The fourth-order valence-corrected chi connectivity index (χ4v) is 2.38. The maximum absolute atomic E-state index is 11.6. The van der Waals surface area contributed by atoms with E-state index in [4.69, 9.17) is 4.74 Å². The van der Waals surface area contributed by atoms with Gasteiger partial charge in [-0.25, -0.2) is 0 Å². The van der Waals surface area contributed by atoms with Crippen molar-refractivity contribution in [1.29, 1.82) is 0 Å². The number of carboxylic acids is 1. The second kappa shape index (κ2) is 5.81. The predicted octanol–water partition coefficient (Wildman–Crippen LogP) is 1.67. The SMILES string of the molecule is CC(C)(O)CCN1CCOc2ccccc2C1C(=O)O. The van der Waals surface area contributed by atoms with Crippen LogP contribution in [0.4, 0.5) is 0 Å². The summed E-state index contributed by atoms with van der Waals surface area (Å²) in [5.41, 5.74) is -0.135. The molecular weight excluding hydrogens is 258 g/mol. The highest BCUT2D eigenvalue weighted by Gasteiger charge is 2.32. The summed E-state index contributed by atoms with van der Waals surface area (Å²) < 4.78 is 5.62. The summed E-state index contributed by atoms with van der Waals surface area (Å²) in [4.78, 5) is 13.5. The first-order chi connectivity index (χ1) is 9.38. The lowest BCUT2D eigenvalue weighted by Gasteiger charge is -2.29. The van der Waals surface area contributed by atoms with Gasteiger partial charge >= 0.3 is 5.97 Å². The normalized spacial score (nSPS) is 19.9. The number of aliphatic hydroxyl groups is 1. The Labute approximate surface area is 118 Å². The van der Waals surface area contributed by atoms with E-state index in [1.165, 1.54) is 0 Å². The van der Waals surface area contributed by atoms with Gasteiger partial charge in [0.15, 0.2) is 0 Å². The van der Waals surface area contributed by atoms with E-state index in [1.807, 2.05) is 17.0 Å². The van der Waals surface area contributed by atoms with Gasteiger partial charge in [0.2, 0.25) is 0 Å². The van der Waals surface area contributed by atoms with Crippen LogP contribution >= 0.6 is 0 Å². The minimum Gasteiger partial charge on any atom is -0.492 e. The van der Waals surface area contributed by atoms with E-state index < -0.39 is 17.6 Å². The zero-order valence-corrected chi connectivity index (χ0v) is 11.9. The summed E-state index contributed by atoms with van der Waals surface area (Å²) >= 11 is 0. The van der Waals surface area contributed by atoms with Gasteiger partial charge in [0, 0.05) is 18.7 Å². The summed E-state index contributed by atoms with van der Waals surface area (Å²) in [6.07, 6.45) is 0.513. The summed E-state index contributed by atoms with van der Waals surface area (Å²) in [6.45, 7) is 4.95. The monoisotopic (exact) mass is 279 g/mol. The van der Waals surface area contributed by atoms with Crippen molar-refractivity contribution in [3.8, 4) is 5.75 Å². The molecule has 0 spiro atoms. The molecule has 110 valence electrons. The summed E-state index contributed by atoms with van der Waals surface area (Å²) in [6, 6.07) is 6.51. The van der Waals surface area contributed by atoms with Crippen LogP contribution in [-0.4, -0.2) is 46.4 Å². The number of rotatable bonds is 4. The first kappa shape index (κ1) is 14.8. The number of para-hydroxylation sites is 1. The smallest absolute Gasteiger partial charge is 0.325 e. The molecular formula is C15H21NO4. The minimum atomic E-state index is -0.890. The molecule has 5 heteroatoms. The number of carbonyl (C=O) groups is 1.